The van der Waals surface area contributed by atoms with Gasteiger partial charge in [-0.15, -0.1) is 11.3 Å². The Labute approximate surface area is 108 Å². The lowest BCUT2D eigenvalue weighted by Gasteiger charge is -2.13. The molecule has 2 N–H and O–H groups in total. The van der Waals surface area contributed by atoms with Crippen LogP contribution in [-0.4, -0.2) is 20.8 Å². The van der Waals surface area contributed by atoms with Gasteiger partial charge in [0.2, 0.25) is 5.95 Å². The van der Waals surface area contributed by atoms with Gasteiger partial charge in [-0.25, -0.2) is 9.97 Å². The predicted octanol–water partition coefficient (Wildman–Crippen LogP) is 1.58. The van der Waals surface area contributed by atoms with E-state index >= 15 is 0 Å². The van der Waals surface area contributed by atoms with E-state index in [0.29, 0.717) is 13.1 Å². The number of nitrogen functional groups attached to an aromatic ring is 1. The summed E-state index contributed by atoms with van der Waals surface area (Å²) in [5.74, 6) is 0.305. The number of carbonyl (C=O) groups is 1. The topological polar surface area (TPSA) is 72.1 Å². The fourth-order valence-corrected chi connectivity index (χ4v) is 2.88. The molecule has 0 fully saturated rings. The van der Waals surface area contributed by atoms with Gasteiger partial charge in [0.1, 0.15) is 0 Å². The number of rotatable bonds is 1. The molecule has 0 radical (unpaired) electrons. The van der Waals surface area contributed by atoms with E-state index in [4.69, 9.17) is 5.73 Å². The molecule has 0 atom stereocenters. The number of amides is 1. The Morgan fingerprint density at radius 3 is 3.06 bits per heavy atom. The smallest absolute Gasteiger partial charge is 0.264 e. The first kappa shape index (κ1) is 11.2. The number of thiophene rings is 1. The van der Waals surface area contributed by atoms with Gasteiger partial charge in [-0.05, 0) is 23.9 Å². The van der Waals surface area contributed by atoms with E-state index in [1.807, 2.05) is 18.4 Å². The average Bonchev–Trinajstić information content (AvgIpc) is 2.93. The maximum absolute atomic E-state index is 12.3. The Morgan fingerprint density at radius 2 is 2.33 bits per heavy atom. The van der Waals surface area contributed by atoms with Crippen molar-refractivity contribution >= 4 is 23.2 Å². The standard InChI is InChI=1S/C12H12N4OS/c1-7-2-10(18-6-7)11(17)16-4-8-3-14-12(13)15-9(8)5-16/h2-3,6H,4-5H2,1H3,(H2,13,14,15). The molecule has 92 valence electrons. The Hall–Kier alpha value is -1.95. The molecule has 2 aromatic heterocycles. The number of hydrogen-bond donors (Lipinski definition) is 1. The Balaban J connectivity index is 1.83. The van der Waals surface area contributed by atoms with E-state index in [0.717, 1.165) is 21.7 Å². The molecule has 1 aliphatic heterocycles. The van der Waals surface area contributed by atoms with Crippen molar-refractivity contribution in [1.82, 2.24) is 14.9 Å². The molecule has 0 unspecified atom stereocenters. The van der Waals surface area contributed by atoms with Crippen LogP contribution in [0.15, 0.2) is 17.6 Å². The van der Waals surface area contributed by atoms with E-state index in [1.165, 1.54) is 11.3 Å². The predicted molar refractivity (Wildman–Crippen MR) is 69.1 cm³/mol. The minimum atomic E-state index is 0.0460. The molecule has 1 amide bonds. The van der Waals surface area contributed by atoms with Gasteiger partial charge < -0.3 is 10.6 Å². The summed E-state index contributed by atoms with van der Waals surface area (Å²) < 4.78 is 0. The van der Waals surface area contributed by atoms with Crippen LogP contribution in [0.3, 0.4) is 0 Å². The van der Waals surface area contributed by atoms with Crippen molar-refractivity contribution in [3.8, 4) is 0 Å². The zero-order valence-electron chi connectivity index (χ0n) is 9.88. The molecule has 0 aromatic carbocycles. The van der Waals surface area contributed by atoms with Crippen LogP contribution in [0.5, 0.6) is 0 Å². The van der Waals surface area contributed by atoms with Crippen molar-refractivity contribution < 1.29 is 4.79 Å². The molecule has 0 bridgehead atoms. The first-order valence-corrected chi connectivity index (χ1v) is 6.46. The van der Waals surface area contributed by atoms with E-state index in [2.05, 4.69) is 9.97 Å². The molecule has 0 saturated heterocycles. The minimum absolute atomic E-state index is 0.0460. The second-order valence-corrected chi connectivity index (χ2v) is 5.26. The lowest BCUT2D eigenvalue weighted by atomic mass is 10.3. The molecule has 1 aliphatic rings. The molecular weight excluding hydrogens is 248 g/mol. The molecule has 2 aromatic rings. The number of carbonyl (C=O) groups excluding carboxylic acids is 1. The maximum atomic E-state index is 12.3. The molecule has 0 saturated carbocycles. The highest BCUT2D eigenvalue weighted by atomic mass is 32.1. The summed E-state index contributed by atoms with van der Waals surface area (Å²) in [7, 11) is 0. The SMILES string of the molecule is Cc1csc(C(=O)N2Cc3cnc(N)nc3C2)c1. The highest BCUT2D eigenvalue weighted by Crippen LogP contribution is 2.24. The summed E-state index contributed by atoms with van der Waals surface area (Å²) in [6, 6.07) is 1.91. The van der Waals surface area contributed by atoms with E-state index < -0.39 is 0 Å². The Kier molecular flexibility index (Phi) is 2.52. The summed E-state index contributed by atoms with van der Waals surface area (Å²) in [4.78, 5) is 22.9. The average molecular weight is 260 g/mol. The third kappa shape index (κ3) is 1.84. The molecule has 18 heavy (non-hydrogen) atoms. The summed E-state index contributed by atoms with van der Waals surface area (Å²) in [5.41, 5.74) is 8.49. The fraction of sp³-hybridized carbons (Fsp3) is 0.250. The summed E-state index contributed by atoms with van der Waals surface area (Å²) in [6.45, 7) is 3.06. The van der Waals surface area contributed by atoms with Crippen LogP contribution >= 0.6 is 11.3 Å². The van der Waals surface area contributed by atoms with Crippen LogP contribution < -0.4 is 5.73 Å². The van der Waals surface area contributed by atoms with Gasteiger partial charge in [0, 0.05) is 18.3 Å². The lowest BCUT2D eigenvalue weighted by molar-refractivity contribution is 0.0755. The summed E-state index contributed by atoms with van der Waals surface area (Å²) in [6.07, 6.45) is 1.70. The number of anilines is 1. The summed E-state index contributed by atoms with van der Waals surface area (Å²) in [5, 5.41) is 1.98. The number of nitrogens with zero attached hydrogens (tertiary/aromatic N) is 3. The van der Waals surface area contributed by atoms with Gasteiger partial charge in [-0.3, -0.25) is 4.79 Å². The van der Waals surface area contributed by atoms with Crippen molar-refractivity contribution in [2.45, 2.75) is 20.0 Å². The first-order chi connectivity index (χ1) is 8.63. The fourth-order valence-electron chi connectivity index (χ4n) is 2.01. The number of fused-ring (bicyclic) bond motifs is 1. The van der Waals surface area contributed by atoms with Crippen molar-refractivity contribution in [2.24, 2.45) is 0 Å². The zero-order valence-corrected chi connectivity index (χ0v) is 10.7. The molecule has 3 heterocycles. The number of hydrogen-bond acceptors (Lipinski definition) is 5. The van der Waals surface area contributed by atoms with Crippen molar-refractivity contribution in [2.75, 3.05) is 5.73 Å². The van der Waals surface area contributed by atoms with Crippen LogP contribution in [0.1, 0.15) is 26.5 Å². The highest BCUT2D eigenvalue weighted by Gasteiger charge is 2.26. The van der Waals surface area contributed by atoms with Gasteiger partial charge >= 0.3 is 0 Å². The van der Waals surface area contributed by atoms with Crippen LogP contribution in [0.4, 0.5) is 5.95 Å². The van der Waals surface area contributed by atoms with E-state index in [9.17, 15) is 4.79 Å². The third-order valence-electron chi connectivity index (χ3n) is 2.90. The van der Waals surface area contributed by atoms with E-state index in [1.54, 1.807) is 11.1 Å². The Morgan fingerprint density at radius 1 is 1.50 bits per heavy atom. The largest absolute Gasteiger partial charge is 0.368 e. The molecule has 6 heteroatoms. The van der Waals surface area contributed by atoms with Gasteiger partial charge in [0.15, 0.2) is 0 Å². The maximum Gasteiger partial charge on any atom is 0.264 e. The van der Waals surface area contributed by atoms with Gasteiger partial charge in [0.25, 0.3) is 5.91 Å². The van der Waals surface area contributed by atoms with Gasteiger partial charge in [0.05, 0.1) is 17.1 Å². The number of aromatic nitrogens is 2. The monoisotopic (exact) mass is 260 g/mol. The van der Waals surface area contributed by atoms with Crippen LogP contribution in [-0.2, 0) is 13.1 Å². The van der Waals surface area contributed by atoms with Gasteiger partial charge in [-0.1, -0.05) is 0 Å². The highest BCUT2D eigenvalue weighted by molar-refractivity contribution is 7.12. The quantitative estimate of drug-likeness (QED) is 0.845. The normalized spacial score (nSPS) is 13.7. The number of aryl methyl sites for hydroxylation is 1. The van der Waals surface area contributed by atoms with Crippen molar-refractivity contribution in [3.63, 3.8) is 0 Å². The number of nitrogens with two attached hydrogens (primary N) is 1. The van der Waals surface area contributed by atoms with E-state index in [-0.39, 0.29) is 11.9 Å². The third-order valence-corrected chi connectivity index (χ3v) is 3.94. The van der Waals surface area contributed by atoms with Crippen molar-refractivity contribution in [3.05, 3.63) is 39.3 Å². The molecule has 0 spiro atoms. The summed E-state index contributed by atoms with van der Waals surface area (Å²) >= 11 is 1.47. The second-order valence-electron chi connectivity index (χ2n) is 4.35. The molecular formula is C12H12N4OS. The second kappa shape index (κ2) is 4.06. The van der Waals surface area contributed by atoms with Gasteiger partial charge in [-0.2, -0.15) is 0 Å². The Bertz CT molecular complexity index is 622. The molecule has 0 aliphatic carbocycles. The zero-order chi connectivity index (χ0) is 12.7. The van der Waals surface area contributed by atoms with Crippen LogP contribution in [0, 0.1) is 6.92 Å². The minimum Gasteiger partial charge on any atom is -0.368 e. The van der Waals surface area contributed by atoms with Crippen LogP contribution in [0.25, 0.3) is 0 Å². The van der Waals surface area contributed by atoms with Crippen molar-refractivity contribution in [1.29, 1.82) is 0 Å². The van der Waals surface area contributed by atoms with Crippen LogP contribution in [0.2, 0.25) is 0 Å². The lowest BCUT2D eigenvalue weighted by Crippen LogP contribution is -2.24. The molecule has 3 rings (SSSR count). The first-order valence-electron chi connectivity index (χ1n) is 5.58. The molecule has 5 nitrogen and oxygen atoms in total.